The molecule has 18 heavy (non-hydrogen) atoms. The molecule has 2 nitrogen and oxygen atoms in total. The molecule has 0 saturated carbocycles. The third-order valence-electron chi connectivity index (χ3n) is 4.04. The van der Waals surface area contributed by atoms with E-state index in [9.17, 15) is 4.79 Å². The van der Waals surface area contributed by atoms with Crippen LogP contribution in [-0.4, -0.2) is 30.3 Å². The molecule has 0 amide bonds. The highest BCUT2D eigenvalue weighted by Crippen LogP contribution is 2.25. The van der Waals surface area contributed by atoms with Crippen LogP contribution in [0.1, 0.15) is 37.8 Å². The van der Waals surface area contributed by atoms with Crippen molar-refractivity contribution in [1.29, 1.82) is 0 Å². The summed E-state index contributed by atoms with van der Waals surface area (Å²) in [5.74, 6) is 0.327. The fraction of sp³-hybridized carbons (Fsp3) is 0.562. The molecule has 2 rings (SSSR count). The van der Waals surface area contributed by atoms with Gasteiger partial charge in [0.15, 0.2) is 5.78 Å². The van der Waals surface area contributed by atoms with Crippen LogP contribution < -0.4 is 0 Å². The van der Waals surface area contributed by atoms with Crippen LogP contribution in [0.5, 0.6) is 0 Å². The van der Waals surface area contributed by atoms with Crippen LogP contribution in [0.15, 0.2) is 24.3 Å². The minimum atomic E-state index is -0.379. The molecule has 1 aromatic rings. The van der Waals surface area contributed by atoms with E-state index >= 15 is 0 Å². The van der Waals surface area contributed by atoms with Crippen molar-refractivity contribution in [3.63, 3.8) is 0 Å². The van der Waals surface area contributed by atoms with E-state index in [0.29, 0.717) is 12.3 Å². The molecule has 1 fully saturated rings. The van der Waals surface area contributed by atoms with Crippen molar-refractivity contribution < 1.29 is 4.79 Å². The molecule has 2 heteroatoms. The SMILES string of the molecule is Cc1ccc(C(C)(C)C(=O)CN2CCCC2)cc1. The monoisotopic (exact) mass is 245 g/mol. The number of ketones is 1. The Morgan fingerprint density at radius 2 is 1.72 bits per heavy atom. The fourth-order valence-electron chi connectivity index (χ4n) is 2.47. The van der Waals surface area contributed by atoms with Gasteiger partial charge in [-0.25, -0.2) is 0 Å². The van der Waals surface area contributed by atoms with Gasteiger partial charge < -0.3 is 0 Å². The van der Waals surface area contributed by atoms with E-state index in [1.165, 1.54) is 18.4 Å². The van der Waals surface area contributed by atoms with Crippen LogP contribution in [0.4, 0.5) is 0 Å². The lowest BCUT2D eigenvalue weighted by atomic mass is 9.80. The Kier molecular flexibility index (Phi) is 3.86. The van der Waals surface area contributed by atoms with Crippen LogP contribution in [0.3, 0.4) is 0 Å². The predicted octanol–water partition coefficient (Wildman–Crippen LogP) is 2.94. The molecule has 0 atom stereocenters. The highest BCUT2D eigenvalue weighted by molar-refractivity contribution is 5.91. The number of hydrogen-bond acceptors (Lipinski definition) is 2. The molecule has 1 saturated heterocycles. The highest BCUT2D eigenvalue weighted by atomic mass is 16.1. The van der Waals surface area contributed by atoms with Gasteiger partial charge in [0, 0.05) is 5.41 Å². The first kappa shape index (κ1) is 13.3. The summed E-state index contributed by atoms with van der Waals surface area (Å²) >= 11 is 0. The summed E-state index contributed by atoms with van der Waals surface area (Å²) in [5, 5.41) is 0. The second-order valence-electron chi connectivity index (χ2n) is 5.90. The maximum atomic E-state index is 12.5. The Bertz CT molecular complexity index is 413. The lowest BCUT2D eigenvalue weighted by molar-refractivity contribution is -0.124. The van der Waals surface area contributed by atoms with Gasteiger partial charge in [0.1, 0.15) is 0 Å². The number of nitrogens with zero attached hydrogens (tertiary/aromatic N) is 1. The number of carbonyl (C=O) groups is 1. The topological polar surface area (TPSA) is 20.3 Å². The zero-order valence-electron chi connectivity index (χ0n) is 11.7. The summed E-state index contributed by atoms with van der Waals surface area (Å²) in [4.78, 5) is 14.7. The summed E-state index contributed by atoms with van der Waals surface area (Å²) in [6.07, 6.45) is 2.47. The van der Waals surface area contributed by atoms with Crippen LogP contribution >= 0.6 is 0 Å². The molecule has 98 valence electrons. The third kappa shape index (κ3) is 2.81. The van der Waals surface area contributed by atoms with Gasteiger partial charge in [0.25, 0.3) is 0 Å². The minimum Gasteiger partial charge on any atom is -0.297 e. The van der Waals surface area contributed by atoms with Gasteiger partial charge in [-0.15, -0.1) is 0 Å². The van der Waals surface area contributed by atoms with Crippen molar-refractivity contribution in [3.8, 4) is 0 Å². The van der Waals surface area contributed by atoms with Crippen LogP contribution in [0.2, 0.25) is 0 Å². The second-order valence-corrected chi connectivity index (χ2v) is 5.90. The number of aryl methyl sites for hydroxylation is 1. The molecule has 0 unspecified atom stereocenters. The second kappa shape index (κ2) is 5.23. The van der Waals surface area contributed by atoms with E-state index in [0.717, 1.165) is 18.7 Å². The number of carbonyl (C=O) groups excluding carboxylic acids is 1. The lowest BCUT2D eigenvalue weighted by Gasteiger charge is -2.26. The minimum absolute atomic E-state index is 0.327. The van der Waals surface area contributed by atoms with Crippen molar-refractivity contribution in [2.45, 2.75) is 39.0 Å². The van der Waals surface area contributed by atoms with E-state index in [2.05, 4.69) is 36.1 Å². The Morgan fingerprint density at radius 1 is 1.17 bits per heavy atom. The average Bonchev–Trinajstić information content (AvgIpc) is 2.82. The van der Waals surface area contributed by atoms with Crippen molar-refractivity contribution in [2.24, 2.45) is 0 Å². The Balaban J connectivity index is 2.08. The average molecular weight is 245 g/mol. The number of benzene rings is 1. The van der Waals surface area contributed by atoms with E-state index in [1.807, 2.05) is 13.8 Å². The van der Waals surface area contributed by atoms with Crippen molar-refractivity contribution >= 4 is 5.78 Å². The third-order valence-corrected chi connectivity index (χ3v) is 4.04. The normalized spacial score (nSPS) is 17.1. The van der Waals surface area contributed by atoms with Crippen molar-refractivity contribution in [2.75, 3.05) is 19.6 Å². The Hall–Kier alpha value is -1.15. The standard InChI is InChI=1S/C16H23NO/c1-13-6-8-14(9-7-13)16(2,3)15(18)12-17-10-4-5-11-17/h6-9H,4-5,10-12H2,1-3H3. The van der Waals surface area contributed by atoms with Gasteiger partial charge in [-0.2, -0.15) is 0 Å². The van der Waals surface area contributed by atoms with Gasteiger partial charge in [-0.1, -0.05) is 29.8 Å². The number of hydrogen-bond donors (Lipinski definition) is 0. The molecule has 0 spiro atoms. The quantitative estimate of drug-likeness (QED) is 0.813. The highest BCUT2D eigenvalue weighted by Gasteiger charge is 2.31. The van der Waals surface area contributed by atoms with E-state index in [4.69, 9.17) is 0 Å². The van der Waals surface area contributed by atoms with Crippen LogP contribution in [-0.2, 0) is 10.2 Å². The molecular formula is C16H23NO. The Labute approximate surface area is 110 Å². The molecule has 1 aliphatic heterocycles. The van der Waals surface area contributed by atoms with E-state index in [1.54, 1.807) is 0 Å². The molecule has 0 N–H and O–H groups in total. The first-order valence-electron chi connectivity index (χ1n) is 6.83. The van der Waals surface area contributed by atoms with Gasteiger partial charge >= 0.3 is 0 Å². The van der Waals surface area contributed by atoms with Crippen molar-refractivity contribution in [3.05, 3.63) is 35.4 Å². The molecule has 1 heterocycles. The van der Waals surface area contributed by atoms with Crippen molar-refractivity contribution in [1.82, 2.24) is 4.90 Å². The fourth-order valence-corrected chi connectivity index (χ4v) is 2.47. The molecule has 1 aliphatic rings. The first-order valence-corrected chi connectivity index (χ1v) is 6.83. The summed E-state index contributed by atoms with van der Waals surface area (Å²) in [5.41, 5.74) is 1.98. The van der Waals surface area contributed by atoms with E-state index < -0.39 is 0 Å². The summed E-state index contributed by atoms with van der Waals surface area (Å²) in [7, 11) is 0. The summed E-state index contributed by atoms with van der Waals surface area (Å²) < 4.78 is 0. The zero-order valence-corrected chi connectivity index (χ0v) is 11.7. The van der Waals surface area contributed by atoms with Crippen LogP contribution in [0.25, 0.3) is 0 Å². The van der Waals surface area contributed by atoms with Gasteiger partial charge in [0.2, 0.25) is 0 Å². The maximum absolute atomic E-state index is 12.5. The molecule has 0 aromatic heterocycles. The van der Waals surface area contributed by atoms with Gasteiger partial charge in [-0.05, 0) is 52.3 Å². The number of Topliss-reactive ketones (excluding diaryl/α,β-unsaturated/α-hetero) is 1. The Morgan fingerprint density at radius 3 is 2.28 bits per heavy atom. The smallest absolute Gasteiger partial charge is 0.156 e. The maximum Gasteiger partial charge on any atom is 0.156 e. The molecular weight excluding hydrogens is 222 g/mol. The summed E-state index contributed by atoms with van der Waals surface area (Å²) in [6, 6.07) is 8.33. The number of rotatable bonds is 4. The molecule has 0 radical (unpaired) electrons. The van der Waals surface area contributed by atoms with Crippen LogP contribution in [0, 0.1) is 6.92 Å². The zero-order chi connectivity index (χ0) is 13.2. The van der Waals surface area contributed by atoms with E-state index in [-0.39, 0.29) is 5.41 Å². The predicted molar refractivity (Wildman–Crippen MR) is 74.9 cm³/mol. The molecule has 0 aliphatic carbocycles. The molecule has 1 aromatic carbocycles. The summed E-state index contributed by atoms with van der Waals surface area (Å²) in [6.45, 7) is 8.90. The van der Waals surface area contributed by atoms with Gasteiger partial charge in [0.05, 0.1) is 6.54 Å². The lowest BCUT2D eigenvalue weighted by Crippen LogP contribution is -2.38. The van der Waals surface area contributed by atoms with Gasteiger partial charge in [-0.3, -0.25) is 9.69 Å². The first-order chi connectivity index (χ1) is 8.50. The molecule has 0 bridgehead atoms. The number of likely N-dealkylation sites (tertiary alicyclic amines) is 1. The largest absolute Gasteiger partial charge is 0.297 e.